The molecule has 3 rings (SSSR count). The molecule has 0 aliphatic rings. The SMILES string of the molecule is CC(C)(C)C(=O)N/C(=C\Cl)[P+](c1ccccc1)(c1ccccc1)c1ccccc1.[Cl-]. The fourth-order valence-electron chi connectivity index (χ4n) is 3.31. The van der Waals surface area contributed by atoms with Crippen LogP contribution in [0.25, 0.3) is 0 Å². The normalized spacial score (nSPS) is 12.1. The molecular weight excluding hydrogens is 432 g/mol. The molecule has 0 unspecified atom stereocenters. The van der Waals surface area contributed by atoms with Gasteiger partial charge < -0.3 is 12.4 Å². The van der Waals surface area contributed by atoms with Gasteiger partial charge in [-0.05, 0) is 36.4 Å². The number of nitrogens with one attached hydrogen (secondary N) is 1. The van der Waals surface area contributed by atoms with E-state index in [0.717, 1.165) is 21.4 Å². The minimum absolute atomic E-state index is 0. The van der Waals surface area contributed by atoms with Gasteiger partial charge >= 0.3 is 0 Å². The van der Waals surface area contributed by atoms with Crippen molar-refractivity contribution < 1.29 is 17.2 Å². The molecule has 0 atom stereocenters. The van der Waals surface area contributed by atoms with Crippen LogP contribution in [0.1, 0.15) is 20.8 Å². The highest BCUT2D eigenvalue weighted by Gasteiger charge is 2.51. The van der Waals surface area contributed by atoms with Crippen LogP contribution < -0.4 is 33.6 Å². The zero-order valence-electron chi connectivity index (χ0n) is 17.3. The molecule has 5 heteroatoms. The standard InChI is InChI=1S/C25H25ClNOP.ClH/c1-25(2,3)24(28)27-23(19-26)29(20-13-7-4-8-14-20,21-15-9-5-10-16-21)22-17-11-6-12-18-22;/h4-19H,1-3H3;1H/b23-19+;. The van der Waals surface area contributed by atoms with Gasteiger partial charge in [-0.25, -0.2) is 0 Å². The molecule has 0 aromatic heterocycles. The van der Waals surface area contributed by atoms with Crippen molar-refractivity contribution in [1.29, 1.82) is 0 Å². The Morgan fingerprint density at radius 3 is 1.37 bits per heavy atom. The molecule has 0 bridgehead atoms. The van der Waals surface area contributed by atoms with Gasteiger partial charge in [0.2, 0.25) is 5.91 Å². The van der Waals surface area contributed by atoms with Gasteiger partial charge in [-0.1, -0.05) is 87.0 Å². The maximum atomic E-state index is 13.0. The lowest BCUT2D eigenvalue weighted by molar-refractivity contribution is -0.127. The van der Waals surface area contributed by atoms with Crippen molar-refractivity contribution in [2.75, 3.05) is 0 Å². The Labute approximate surface area is 191 Å². The number of amides is 1. The van der Waals surface area contributed by atoms with E-state index in [1.165, 1.54) is 0 Å². The molecule has 3 aromatic rings. The Bertz CT molecular complexity index is 887. The van der Waals surface area contributed by atoms with Gasteiger partial charge in [-0.15, -0.1) is 0 Å². The quantitative estimate of drug-likeness (QED) is 0.584. The van der Waals surface area contributed by atoms with Gasteiger partial charge in [-0.2, -0.15) is 0 Å². The van der Waals surface area contributed by atoms with Crippen LogP contribution in [0.3, 0.4) is 0 Å². The van der Waals surface area contributed by atoms with Crippen molar-refractivity contribution in [1.82, 2.24) is 5.32 Å². The molecule has 0 aliphatic heterocycles. The Morgan fingerprint density at radius 1 is 0.767 bits per heavy atom. The molecule has 1 N–H and O–H groups in total. The molecule has 3 aromatic carbocycles. The zero-order chi connectivity index (χ0) is 20.9. The third-order valence-electron chi connectivity index (χ3n) is 4.82. The van der Waals surface area contributed by atoms with Crippen LogP contribution in [-0.2, 0) is 4.79 Å². The van der Waals surface area contributed by atoms with Crippen LogP contribution in [0.2, 0.25) is 0 Å². The number of rotatable bonds is 5. The van der Waals surface area contributed by atoms with E-state index in [2.05, 4.69) is 41.7 Å². The highest BCUT2D eigenvalue weighted by Crippen LogP contribution is 2.61. The minimum atomic E-state index is -2.39. The second kappa shape index (κ2) is 10.3. The molecule has 0 spiro atoms. The number of halogens is 2. The van der Waals surface area contributed by atoms with Crippen molar-refractivity contribution in [2.24, 2.45) is 5.41 Å². The predicted molar refractivity (Wildman–Crippen MR) is 127 cm³/mol. The number of benzene rings is 3. The fraction of sp³-hybridized carbons (Fsp3) is 0.160. The molecular formula is C25H26Cl2NOP. The summed E-state index contributed by atoms with van der Waals surface area (Å²) in [7, 11) is -2.39. The topological polar surface area (TPSA) is 29.1 Å². The van der Waals surface area contributed by atoms with Crippen LogP contribution in [0.4, 0.5) is 0 Å². The summed E-state index contributed by atoms with van der Waals surface area (Å²) in [4.78, 5) is 13.0. The van der Waals surface area contributed by atoms with Crippen LogP contribution in [0.15, 0.2) is 102 Å². The molecule has 156 valence electrons. The van der Waals surface area contributed by atoms with Crippen LogP contribution in [-0.4, -0.2) is 5.91 Å². The largest absolute Gasteiger partial charge is 1.00 e. The first-order chi connectivity index (χ1) is 13.9. The van der Waals surface area contributed by atoms with E-state index in [-0.39, 0.29) is 18.3 Å². The minimum Gasteiger partial charge on any atom is -1.00 e. The summed E-state index contributed by atoms with van der Waals surface area (Å²) in [5.74, 6) is -0.0587. The fourth-order valence-corrected chi connectivity index (χ4v) is 7.80. The van der Waals surface area contributed by atoms with Crippen molar-refractivity contribution in [3.63, 3.8) is 0 Å². The van der Waals surface area contributed by atoms with Gasteiger partial charge in [0.15, 0.2) is 12.7 Å². The highest BCUT2D eigenvalue weighted by atomic mass is 35.5. The average Bonchev–Trinajstić information content (AvgIpc) is 2.75. The summed E-state index contributed by atoms with van der Waals surface area (Å²) < 4.78 is 0. The van der Waals surface area contributed by atoms with E-state index in [9.17, 15) is 4.79 Å². The molecule has 1 amide bonds. The first-order valence-electron chi connectivity index (χ1n) is 9.59. The number of hydrogen-bond donors (Lipinski definition) is 1. The Kier molecular flexibility index (Phi) is 8.26. The van der Waals surface area contributed by atoms with E-state index < -0.39 is 12.7 Å². The van der Waals surface area contributed by atoms with Crippen molar-refractivity contribution in [2.45, 2.75) is 20.8 Å². The zero-order valence-corrected chi connectivity index (χ0v) is 19.8. The summed E-state index contributed by atoms with van der Waals surface area (Å²) in [5.41, 5.74) is 1.75. The van der Waals surface area contributed by atoms with Gasteiger partial charge in [0, 0.05) is 5.41 Å². The average molecular weight is 458 g/mol. The van der Waals surface area contributed by atoms with E-state index in [1.807, 2.05) is 75.4 Å². The molecule has 0 heterocycles. The summed E-state index contributed by atoms with van der Waals surface area (Å²) >= 11 is 6.45. The van der Waals surface area contributed by atoms with E-state index in [1.54, 1.807) is 5.54 Å². The molecule has 0 fully saturated rings. The summed E-state index contributed by atoms with van der Waals surface area (Å²) in [6, 6.07) is 31.0. The first kappa shape index (κ1) is 24.2. The molecule has 30 heavy (non-hydrogen) atoms. The highest BCUT2D eigenvalue weighted by molar-refractivity contribution is 7.99. The van der Waals surface area contributed by atoms with E-state index in [4.69, 9.17) is 11.6 Å². The molecule has 2 nitrogen and oxygen atoms in total. The molecule has 0 saturated carbocycles. The van der Waals surface area contributed by atoms with Gasteiger partial charge in [0.1, 0.15) is 15.9 Å². The summed E-state index contributed by atoms with van der Waals surface area (Å²) in [5, 5.41) is 6.60. The van der Waals surface area contributed by atoms with Gasteiger partial charge in [-0.3, -0.25) is 10.1 Å². The number of carbonyl (C=O) groups excluding carboxylic acids is 1. The third kappa shape index (κ3) is 4.78. The second-order valence-corrected chi connectivity index (χ2v) is 11.5. The second-order valence-electron chi connectivity index (χ2n) is 7.88. The van der Waals surface area contributed by atoms with Crippen molar-refractivity contribution in [3.8, 4) is 0 Å². The monoisotopic (exact) mass is 457 g/mol. The van der Waals surface area contributed by atoms with Crippen LogP contribution >= 0.6 is 18.9 Å². The van der Waals surface area contributed by atoms with Gasteiger partial charge in [0.05, 0.1) is 5.54 Å². The lowest BCUT2D eigenvalue weighted by Gasteiger charge is -2.30. The number of hydrogen-bond acceptors (Lipinski definition) is 1. The smallest absolute Gasteiger partial charge is 0.232 e. The number of carbonyl (C=O) groups is 1. The molecule has 0 saturated heterocycles. The molecule has 0 aliphatic carbocycles. The maximum Gasteiger partial charge on any atom is 0.232 e. The Hall–Kier alpha value is -2.12. The van der Waals surface area contributed by atoms with E-state index >= 15 is 0 Å². The lowest BCUT2D eigenvalue weighted by atomic mass is 9.96. The molecule has 0 radical (unpaired) electrons. The first-order valence-corrected chi connectivity index (χ1v) is 11.8. The maximum absolute atomic E-state index is 13.0. The van der Waals surface area contributed by atoms with Gasteiger partial charge in [0.25, 0.3) is 0 Å². The van der Waals surface area contributed by atoms with Crippen molar-refractivity contribution >= 4 is 40.7 Å². The van der Waals surface area contributed by atoms with Crippen molar-refractivity contribution in [3.05, 3.63) is 102 Å². The summed E-state index contributed by atoms with van der Waals surface area (Å²) in [6.45, 7) is 5.71. The summed E-state index contributed by atoms with van der Waals surface area (Å²) in [6.07, 6.45) is 0. The lowest BCUT2D eigenvalue weighted by Crippen LogP contribution is -3.00. The van der Waals surface area contributed by atoms with Crippen LogP contribution in [0.5, 0.6) is 0 Å². The predicted octanol–water partition coefficient (Wildman–Crippen LogP) is 2.18. The van der Waals surface area contributed by atoms with Crippen LogP contribution in [0, 0.1) is 5.41 Å². The Morgan fingerprint density at radius 2 is 1.10 bits per heavy atom. The Balaban J connectivity index is 0.00000320. The van der Waals surface area contributed by atoms with E-state index in [0.29, 0.717) is 0 Å². The third-order valence-corrected chi connectivity index (χ3v) is 9.37.